The largest absolute Gasteiger partial charge is 0.462 e. The molecule has 0 aromatic heterocycles. The van der Waals surface area contributed by atoms with Gasteiger partial charge in [-0.25, -0.2) is 0 Å². The number of carbonyl (C=O) groups is 3. The molecule has 4 rings (SSSR count). The third-order valence-corrected chi connectivity index (χ3v) is 8.63. The molecule has 3 heterocycles. The van der Waals surface area contributed by atoms with Crippen LogP contribution in [0.1, 0.15) is 47.5 Å². The van der Waals surface area contributed by atoms with Gasteiger partial charge in [-0.05, 0) is 19.4 Å². The molecule has 3 fully saturated rings. The lowest BCUT2D eigenvalue weighted by molar-refractivity contribution is -0.262. The topological polar surface area (TPSA) is 108 Å². The highest BCUT2D eigenvalue weighted by Gasteiger charge is 2.72. The predicted molar refractivity (Wildman–Crippen MR) is 117 cm³/mol. The van der Waals surface area contributed by atoms with Crippen molar-refractivity contribution >= 4 is 29.5 Å². The van der Waals surface area contributed by atoms with Gasteiger partial charge >= 0.3 is 17.9 Å². The van der Waals surface area contributed by atoms with Gasteiger partial charge in [0.05, 0.1) is 28.9 Å². The highest BCUT2D eigenvalue weighted by Crippen LogP contribution is 2.59. The number of ether oxygens (including phenoxy) is 4. The second-order valence-electron chi connectivity index (χ2n) is 9.92. The molecule has 182 valence electrons. The van der Waals surface area contributed by atoms with Gasteiger partial charge in [-0.3, -0.25) is 14.4 Å². The number of hydrogen-bond acceptors (Lipinski definition) is 8. The highest BCUT2D eigenvalue weighted by atomic mass is 35.5. The molecule has 4 aliphatic rings. The highest BCUT2D eigenvalue weighted by molar-refractivity contribution is 6.23. The second-order valence-corrected chi connectivity index (χ2v) is 10.4. The van der Waals surface area contributed by atoms with Crippen molar-refractivity contribution in [2.75, 3.05) is 0 Å². The molecule has 0 aromatic rings. The van der Waals surface area contributed by atoms with E-state index in [-0.39, 0.29) is 6.42 Å². The lowest BCUT2D eigenvalue weighted by atomic mass is 9.54. The van der Waals surface area contributed by atoms with Gasteiger partial charge in [0, 0.05) is 32.6 Å². The van der Waals surface area contributed by atoms with Crippen LogP contribution in [-0.2, 0) is 33.3 Å². The normalized spacial score (nSPS) is 46.7. The summed E-state index contributed by atoms with van der Waals surface area (Å²) in [4.78, 5) is 36.9. The molecule has 3 aliphatic heterocycles. The van der Waals surface area contributed by atoms with E-state index in [0.29, 0.717) is 12.0 Å². The number of aliphatic hydroxyl groups is 1. The molecule has 9 heteroatoms. The average Bonchev–Trinajstić information content (AvgIpc) is 2.98. The summed E-state index contributed by atoms with van der Waals surface area (Å²) in [6.45, 7) is 12.1. The first-order valence-corrected chi connectivity index (χ1v) is 11.7. The molecule has 1 aliphatic carbocycles. The van der Waals surface area contributed by atoms with Gasteiger partial charge in [-0.2, -0.15) is 0 Å². The predicted octanol–water partition coefficient (Wildman–Crippen LogP) is 2.45. The van der Waals surface area contributed by atoms with Crippen molar-refractivity contribution in [1.82, 2.24) is 0 Å². The Bertz CT molecular complexity index is 929. The van der Waals surface area contributed by atoms with Crippen molar-refractivity contribution in [3.05, 3.63) is 23.8 Å². The fraction of sp³-hybridized carbons (Fsp3) is 0.708. The summed E-state index contributed by atoms with van der Waals surface area (Å²) in [7, 11) is 0. The number of rotatable bonds is 2. The van der Waals surface area contributed by atoms with Crippen LogP contribution in [0.15, 0.2) is 23.8 Å². The molecule has 33 heavy (non-hydrogen) atoms. The first-order valence-electron chi connectivity index (χ1n) is 11.3. The van der Waals surface area contributed by atoms with Gasteiger partial charge in [0.1, 0.15) is 17.8 Å². The number of alkyl halides is 1. The summed E-state index contributed by atoms with van der Waals surface area (Å²) < 4.78 is 23.6. The smallest absolute Gasteiger partial charge is 0.312 e. The minimum atomic E-state index is -1.43. The van der Waals surface area contributed by atoms with Crippen LogP contribution >= 0.6 is 11.6 Å². The van der Waals surface area contributed by atoms with Gasteiger partial charge < -0.3 is 24.1 Å². The lowest BCUT2D eigenvalue weighted by Gasteiger charge is -2.59. The van der Waals surface area contributed by atoms with Crippen LogP contribution in [0.5, 0.6) is 0 Å². The number of esters is 3. The Hall–Kier alpha value is -1.90. The average molecular weight is 483 g/mol. The van der Waals surface area contributed by atoms with E-state index < -0.39 is 76.7 Å². The fourth-order valence-corrected chi connectivity index (χ4v) is 6.81. The monoisotopic (exact) mass is 482 g/mol. The molecule has 0 radical (unpaired) electrons. The van der Waals surface area contributed by atoms with Crippen LogP contribution in [0.4, 0.5) is 0 Å². The van der Waals surface area contributed by atoms with E-state index in [4.69, 9.17) is 30.5 Å². The Morgan fingerprint density at radius 3 is 2.45 bits per heavy atom. The first kappa shape index (κ1) is 24.2. The Kier molecular flexibility index (Phi) is 5.95. The molecular weight excluding hydrogens is 452 g/mol. The van der Waals surface area contributed by atoms with Crippen LogP contribution in [-0.4, -0.2) is 64.5 Å². The van der Waals surface area contributed by atoms with Crippen molar-refractivity contribution in [3.63, 3.8) is 0 Å². The fourth-order valence-electron chi connectivity index (χ4n) is 6.42. The summed E-state index contributed by atoms with van der Waals surface area (Å²) in [5.41, 5.74) is -1.14. The van der Waals surface area contributed by atoms with Gasteiger partial charge in [0.25, 0.3) is 0 Å². The Labute approximate surface area is 198 Å². The van der Waals surface area contributed by atoms with E-state index in [9.17, 15) is 19.5 Å². The standard InChI is InChI=1S/C24H31ClO8/c1-10-7-8-16(30-13(4)26)23(6)17(31-14(5)27)9-15-11(2)19(25)21-24(33-15,20(28)18(10)23)12(3)22(29)32-21/h7,12,15-21,28H,2,8-9H2,1,3-6H3. The second kappa shape index (κ2) is 8.10. The first-order chi connectivity index (χ1) is 15.3. The summed E-state index contributed by atoms with van der Waals surface area (Å²) in [5, 5.41) is 11.3. The number of halogens is 1. The van der Waals surface area contributed by atoms with Gasteiger partial charge in [0.2, 0.25) is 0 Å². The zero-order valence-corrected chi connectivity index (χ0v) is 20.3. The summed E-state index contributed by atoms with van der Waals surface area (Å²) in [5.74, 6) is -2.96. The zero-order valence-electron chi connectivity index (χ0n) is 19.5. The maximum absolute atomic E-state index is 12.7. The Morgan fingerprint density at radius 1 is 1.24 bits per heavy atom. The van der Waals surface area contributed by atoms with Gasteiger partial charge in [-0.15, -0.1) is 11.6 Å². The van der Waals surface area contributed by atoms with Crippen LogP contribution in [0, 0.1) is 17.3 Å². The number of aliphatic hydroxyl groups excluding tert-OH is 1. The molecule has 1 spiro atoms. The SMILES string of the molecule is C=C1C2CC(OC(C)=O)C3(C)C(OC(C)=O)CC=C(C)C3C(O)C3(O2)C(C)C(=O)OC3C1Cl. The quantitative estimate of drug-likeness (QED) is 0.277. The molecule has 10 atom stereocenters. The summed E-state index contributed by atoms with van der Waals surface area (Å²) in [6, 6.07) is 0. The van der Waals surface area contributed by atoms with E-state index in [1.165, 1.54) is 13.8 Å². The Morgan fingerprint density at radius 2 is 1.85 bits per heavy atom. The Balaban J connectivity index is 1.95. The van der Waals surface area contributed by atoms with Gasteiger partial charge in [0.15, 0.2) is 6.10 Å². The van der Waals surface area contributed by atoms with E-state index >= 15 is 0 Å². The molecule has 3 saturated heterocycles. The summed E-state index contributed by atoms with van der Waals surface area (Å²) >= 11 is 6.72. The van der Waals surface area contributed by atoms with E-state index in [1.807, 2.05) is 19.9 Å². The number of fused-ring (bicyclic) bond motifs is 2. The molecule has 8 nitrogen and oxygen atoms in total. The van der Waals surface area contributed by atoms with Crippen molar-refractivity contribution in [3.8, 4) is 0 Å². The molecule has 2 bridgehead atoms. The van der Waals surface area contributed by atoms with Crippen molar-refractivity contribution < 1.29 is 38.4 Å². The molecule has 0 saturated carbocycles. The summed E-state index contributed by atoms with van der Waals surface area (Å²) in [6.07, 6.45) is -1.88. The zero-order chi connectivity index (χ0) is 24.5. The van der Waals surface area contributed by atoms with Crippen LogP contribution in [0.25, 0.3) is 0 Å². The van der Waals surface area contributed by atoms with Crippen molar-refractivity contribution in [2.24, 2.45) is 17.3 Å². The van der Waals surface area contributed by atoms with Gasteiger partial charge in [-0.1, -0.05) is 25.2 Å². The van der Waals surface area contributed by atoms with Crippen LogP contribution < -0.4 is 0 Å². The molecule has 0 amide bonds. The maximum atomic E-state index is 12.7. The maximum Gasteiger partial charge on any atom is 0.312 e. The minimum absolute atomic E-state index is 0.182. The molecule has 10 unspecified atom stereocenters. The third kappa shape index (κ3) is 3.36. The third-order valence-electron chi connectivity index (χ3n) is 8.12. The van der Waals surface area contributed by atoms with E-state index in [1.54, 1.807) is 6.92 Å². The lowest BCUT2D eigenvalue weighted by Crippen LogP contribution is -2.71. The van der Waals surface area contributed by atoms with Crippen LogP contribution in [0.3, 0.4) is 0 Å². The molecule has 1 N–H and O–H groups in total. The molecule has 0 aromatic carbocycles. The van der Waals surface area contributed by atoms with E-state index in [2.05, 4.69) is 6.58 Å². The minimum Gasteiger partial charge on any atom is -0.462 e. The van der Waals surface area contributed by atoms with Crippen LogP contribution in [0.2, 0.25) is 0 Å². The van der Waals surface area contributed by atoms with Crippen molar-refractivity contribution in [1.29, 1.82) is 0 Å². The number of carbonyl (C=O) groups excluding carboxylic acids is 3. The van der Waals surface area contributed by atoms with Crippen molar-refractivity contribution in [2.45, 2.75) is 89.0 Å². The number of hydrogen-bond donors (Lipinski definition) is 1. The molecular formula is C24H31ClO8. The van der Waals surface area contributed by atoms with E-state index in [0.717, 1.165) is 5.57 Å².